The molecule has 2 aromatic heterocycles. The predicted octanol–water partition coefficient (Wildman–Crippen LogP) is 5.78. The van der Waals surface area contributed by atoms with Gasteiger partial charge in [0.1, 0.15) is 5.82 Å². The third-order valence-corrected chi connectivity index (χ3v) is 6.74. The fraction of sp³-hybridized carbons (Fsp3) is 0.167. The van der Waals surface area contributed by atoms with E-state index in [0.717, 1.165) is 24.4 Å². The predicted molar refractivity (Wildman–Crippen MR) is 126 cm³/mol. The van der Waals surface area contributed by atoms with Crippen LogP contribution in [0.1, 0.15) is 33.4 Å². The van der Waals surface area contributed by atoms with Crippen molar-refractivity contribution in [1.29, 1.82) is 0 Å². The molecule has 5 rings (SSSR count). The Morgan fingerprint density at radius 2 is 1.80 bits per heavy atom. The topological polar surface area (TPSA) is 36.9 Å². The van der Waals surface area contributed by atoms with Crippen LogP contribution in [0.5, 0.6) is 0 Å². The molecular weight excluding hydrogens is 408 g/mol. The Bertz CT molecular complexity index is 1200. The van der Waals surface area contributed by atoms with Crippen LogP contribution < -0.4 is 0 Å². The van der Waals surface area contributed by atoms with E-state index in [2.05, 4.69) is 68.9 Å². The highest BCUT2D eigenvalue weighted by molar-refractivity contribution is 7.71. The molecule has 4 nitrogen and oxygen atoms in total. The molecule has 1 unspecified atom stereocenters. The van der Waals surface area contributed by atoms with Crippen molar-refractivity contribution in [2.75, 3.05) is 6.54 Å². The molecule has 150 valence electrons. The van der Waals surface area contributed by atoms with Gasteiger partial charge < -0.3 is 0 Å². The second-order valence-corrected chi connectivity index (χ2v) is 8.75. The molecule has 0 aliphatic carbocycles. The van der Waals surface area contributed by atoms with Crippen LogP contribution in [0.4, 0.5) is 0 Å². The second kappa shape index (κ2) is 8.52. The molecule has 0 saturated carbocycles. The van der Waals surface area contributed by atoms with Crippen LogP contribution >= 0.6 is 23.6 Å². The molecule has 0 amide bonds. The summed E-state index contributed by atoms with van der Waals surface area (Å²) in [6, 6.07) is 23.4. The van der Waals surface area contributed by atoms with E-state index >= 15 is 0 Å². The number of benzene rings is 2. The molecule has 1 atom stereocenters. The summed E-state index contributed by atoms with van der Waals surface area (Å²) < 4.78 is 2.54. The fourth-order valence-corrected chi connectivity index (χ4v) is 5.12. The van der Waals surface area contributed by atoms with Crippen LogP contribution in [-0.2, 0) is 13.1 Å². The highest BCUT2D eigenvalue weighted by atomic mass is 32.1. The third kappa shape index (κ3) is 3.94. The Hall–Kier alpha value is -2.80. The smallest absolute Gasteiger partial charge is 0.217 e. The van der Waals surface area contributed by atoms with Crippen molar-refractivity contribution < 1.29 is 0 Å². The first-order valence-electron chi connectivity index (χ1n) is 10.0. The zero-order valence-corrected chi connectivity index (χ0v) is 18.1. The molecule has 1 aliphatic heterocycles. The van der Waals surface area contributed by atoms with Gasteiger partial charge in [0, 0.05) is 11.4 Å². The Morgan fingerprint density at radius 3 is 2.60 bits per heavy atom. The molecule has 3 heterocycles. The quantitative estimate of drug-likeness (QED) is 0.408. The van der Waals surface area contributed by atoms with Crippen LogP contribution in [0.25, 0.3) is 12.2 Å². The average Bonchev–Trinajstić information content (AvgIpc) is 3.40. The van der Waals surface area contributed by atoms with E-state index in [1.807, 2.05) is 46.4 Å². The van der Waals surface area contributed by atoms with E-state index in [0.29, 0.717) is 11.4 Å². The summed E-state index contributed by atoms with van der Waals surface area (Å²) in [5.41, 5.74) is 3.86. The lowest BCUT2D eigenvalue weighted by molar-refractivity contribution is 0.156. The summed E-state index contributed by atoms with van der Waals surface area (Å²) >= 11 is 7.41. The molecule has 0 fully saturated rings. The minimum atomic E-state index is 0.231. The lowest BCUT2D eigenvalue weighted by Crippen LogP contribution is -2.37. The van der Waals surface area contributed by atoms with Gasteiger partial charge in [-0.15, -0.1) is 11.3 Å². The van der Waals surface area contributed by atoms with Crippen molar-refractivity contribution in [2.24, 2.45) is 0 Å². The molecule has 0 radical (unpaired) electrons. The highest BCUT2D eigenvalue weighted by Crippen LogP contribution is 2.37. The van der Waals surface area contributed by atoms with Gasteiger partial charge in [-0.25, -0.2) is 4.68 Å². The number of hydrogen-bond donors (Lipinski definition) is 1. The average molecular weight is 431 g/mol. The monoisotopic (exact) mass is 430 g/mol. The van der Waals surface area contributed by atoms with Gasteiger partial charge in [-0.3, -0.25) is 10.00 Å². The van der Waals surface area contributed by atoms with E-state index in [1.165, 1.54) is 16.0 Å². The number of rotatable bonds is 5. The summed E-state index contributed by atoms with van der Waals surface area (Å²) in [6.07, 6.45) is 5.09. The SMILES string of the molecule is S=c1nc(/C=C/c2ccccc2)[nH]n1CN1CCc2sccc2C1c1ccccc1. The van der Waals surface area contributed by atoms with Gasteiger partial charge in [-0.05, 0) is 52.9 Å². The van der Waals surface area contributed by atoms with Crippen molar-refractivity contribution >= 4 is 35.7 Å². The highest BCUT2D eigenvalue weighted by Gasteiger charge is 2.29. The van der Waals surface area contributed by atoms with Crippen LogP contribution in [-0.4, -0.2) is 26.2 Å². The molecule has 0 saturated heterocycles. The zero-order chi connectivity index (χ0) is 20.3. The maximum atomic E-state index is 5.55. The Balaban J connectivity index is 1.42. The summed E-state index contributed by atoms with van der Waals surface area (Å²) in [4.78, 5) is 8.50. The van der Waals surface area contributed by atoms with Crippen LogP contribution in [0.15, 0.2) is 72.1 Å². The largest absolute Gasteiger partial charge is 0.278 e. The first-order chi connectivity index (χ1) is 14.8. The maximum absolute atomic E-state index is 5.55. The van der Waals surface area contributed by atoms with E-state index in [4.69, 9.17) is 12.2 Å². The van der Waals surface area contributed by atoms with Crippen LogP contribution in [0.3, 0.4) is 0 Å². The molecule has 6 heteroatoms. The Labute approximate surface area is 185 Å². The molecule has 1 N–H and O–H groups in total. The lowest BCUT2D eigenvalue weighted by Gasteiger charge is -2.36. The summed E-state index contributed by atoms with van der Waals surface area (Å²) in [5.74, 6) is 0.772. The van der Waals surface area contributed by atoms with Crippen LogP contribution in [0.2, 0.25) is 0 Å². The van der Waals surface area contributed by atoms with Gasteiger partial charge in [0.25, 0.3) is 0 Å². The van der Waals surface area contributed by atoms with Crippen molar-refractivity contribution in [2.45, 2.75) is 19.1 Å². The Kier molecular flexibility index (Phi) is 5.45. The van der Waals surface area contributed by atoms with E-state index in [9.17, 15) is 0 Å². The number of nitrogens with zero attached hydrogens (tertiary/aromatic N) is 3. The minimum Gasteiger partial charge on any atom is -0.278 e. The molecule has 1 aliphatic rings. The summed E-state index contributed by atoms with van der Waals surface area (Å²) in [5, 5.41) is 5.57. The van der Waals surface area contributed by atoms with Crippen molar-refractivity contribution in [3.63, 3.8) is 0 Å². The van der Waals surface area contributed by atoms with Crippen molar-refractivity contribution in [1.82, 2.24) is 19.7 Å². The van der Waals surface area contributed by atoms with Gasteiger partial charge in [-0.1, -0.05) is 66.7 Å². The van der Waals surface area contributed by atoms with Gasteiger partial charge in [0.2, 0.25) is 4.77 Å². The summed E-state index contributed by atoms with van der Waals surface area (Å²) in [6.45, 7) is 1.67. The first-order valence-corrected chi connectivity index (χ1v) is 11.3. The van der Waals surface area contributed by atoms with Gasteiger partial charge in [0.05, 0.1) is 12.7 Å². The van der Waals surface area contributed by atoms with Crippen LogP contribution in [0, 0.1) is 4.77 Å². The number of hydrogen-bond acceptors (Lipinski definition) is 4. The van der Waals surface area contributed by atoms with Crippen molar-refractivity contribution in [3.05, 3.63) is 104 Å². The minimum absolute atomic E-state index is 0.231. The van der Waals surface area contributed by atoms with Gasteiger partial charge >= 0.3 is 0 Å². The Morgan fingerprint density at radius 1 is 1.03 bits per heavy atom. The number of H-pyrrole nitrogens is 1. The fourth-order valence-electron chi connectivity index (χ4n) is 4.01. The standard InChI is InChI=1S/C24H22N4S2/c29-24-25-22(12-11-18-7-3-1-4-8-18)26-28(24)17-27-15-13-21-20(14-16-30-21)23(27)19-9-5-2-6-10-19/h1-12,14,16,23H,13,15,17H2,(H,25,26,29)/b12-11+. The molecule has 0 bridgehead atoms. The van der Waals surface area contributed by atoms with E-state index in [1.54, 1.807) is 0 Å². The second-order valence-electron chi connectivity index (χ2n) is 7.38. The maximum Gasteiger partial charge on any atom is 0.217 e. The van der Waals surface area contributed by atoms with E-state index in [-0.39, 0.29) is 6.04 Å². The number of aromatic amines is 1. The lowest BCUT2D eigenvalue weighted by atomic mass is 9.94. The molecule has 0 spiro atoms. The van der Waals surface area contributed by atoms with Gasteiger partial charge in [-0.2, -0.15) is 4.98 Å². The number of thiophene rings is 1. The molecular formula is C24H22N4S2. The normalized spacial score (nSPS) is 16.7. The van der Waals surface area contributed by atoms with Gasteiger partial charge in [0.15, 0.2) is 0 Å². The molecule has 4 aromatic rings. The number of nitrogens with one attached hydrogen (secondary N) is 1. The van der Waals surface area contributed by atoms with E-state index < -0.39 is 0 Å². The number of fused-ring (bicyclic) bond motifs is 1. The third-order valence-electron chi connectivity index (χ3n) is 5.43. The molecule has 30 heavy (non-hydrogen) atoms. The van der Waals surface area contributed by atoms with Crippen molar-refractivity contribution in [3.8, 4) is 0 Å². The first kappa shape index (κ1) is 19.2. The summed E-state index contributed by atoms with van der Waals surface area (Å²) in [7, 11) is 0. The molecule has 2 aromatic carbocycles. The number of aromatic nitrogens is 3. The zero-order valence-electron chi connectivity index (χ0n) is 16.4.